The largest absolute Gasteiger partial charge is 0.324 e. The van der Waals surface area contributed by atoms with Crippen molar-refractivity contribution in [3.63, 3.8) is 0 Å². The fourth-order valence-corrected chi connectivity index (χ4v) is 3.61. The average Bonchev–Trinajstić information content (AvgIpc) is 2.85. The molecule has 2 aromatic carbocycles. The quantitative estimate of drug-likeness (QED) is 0.889. The van der Waals surface area contributed by atoms with Crippen LogP contribution in [-0.4, -0.2) is 0 Å². The predicted molar refractivity (Wildman–Crippen MR) is 83.2 cm³/mol. The van der Waals surface area contributed by atoms with Crippen LogP contribution in [0.15, 0.2) is 40.9 Å². The molecule has 20 heavy (non-hydrogen) atoms. The molecular weight excluding hydrogens is 317 g/mol. The lowest BCUT2D eigenvalue weighted by molar-refractivity contribution is 0.578. The summed E-state index contributed by atoms with van der Waals surface area (Å²) in [6.45, 7) is 0. The van der Waals surface area contributed by atoms with E-state index >= 15 is 0 Å². The smallest absolute Gasteiger partial charge is 0.129 e. The van der Waals surface area contributed by atoms with Gasteiger partial charge in [-0.2, -0.15) is 0 Å². The highest BCUT2D eigenvalue weighted by Gasteiger charge is 2.17. The Kier molecular flexibility index (Phi) is 3.90. The molecule has 0 amide bonds. The van der Waals surface area contributed by atoms with Crippen molar-refractivity contribution in [1.29, 1.82) is 0 Å². The molecule has 0 fully saturated rings. The maximum Gasteiger partial charge on any atom is 0.129 e. The van der Waals surface area contributed by atoms with Gasteiger partial charge < -0.3 is 5.73 Å². The van der Waals surface area contributed by atoms with Gasteiger partial charge >= 0.3 is 0 Å². The van der Waals surface area contributed by atoms with Gasteiger partial charge in [0.25, 0.3) is 0 Å². The van der Waals surface area contributed by atoms with Crippen LogP contribution in [0.3, 0.4) is 0 Å². The highest BCUT2D eigenvalue weighted by molar-refractivity contribution is 9.10. The van der Waals surface area contributed by atoms with E-state index in [1.165, 1.54) is 35.6 Å². The molecular formula is C17H17BrFN. The Morgan fingerprint density at radius 3 is 2.75 bits per heavy atom. The fraction of sp³-hybridized carbons (Fsp3) is 0.294. The zero-order chi connectivity index (χ0) is 14.1. The summed E-state index contributed by atoms with van der Waals surface area (Å²) in [5, 5.41) is 0. The second-order valence-electron chi connectivity index (χ2n) is 5.40. The summed E-state index contributed by atoms with van der Waals surface area (Å²) in [5.41, 5.74) is 10.8. The van der Waals surface area contributed by atoms with Crippen molar-refractivity contribution in [3.8, 4) is 0 Å². The molecule has 3 rings (SSSR count). The van der Waals surface area contributed by atoms with Crippen molar-refractivity contribution in [3.05, 3.63) is 68.9 Å². The van der Waals surface area contributed by atoms with E-state index in [0.29, 0.717) is 12.0 Å². The van der Waals surface area contributed by atoms with Crippen molar-refractivity contribution in [2.45, 2.75) is 31.7 Å². The van der Waals surface area contributed by atoms with E-state index in [1.54, 1.807) is 6.07 Å². The van der Waals surface area contributed by atoms with Gasteiger partial charge in [-0.3, -0.25) is 0 Å². The number of nitrogens with two attached hydrogens (primary N) is 1. The Labute approximate surface area is 127 Å². The number of hydrogen-bond donors (Lipinski definition) is 1. The summed E-state index contributed by atoms with van der Waals surface area (Å²) in [6.07, 6.45) is 4.23. The molecule has 104 valence electrons. The third kappa shape index (κ3) is 2.65. The predicted octanol–water partition coefficient (Wildman–Crippen LogP) is 4.32. The summed E-state index contributed by atoms with van der Waals surface area (Å²) >= 11 is 3.39. The Morgan fingerprint density at radius 1 is 1.15 bits per heavy atom. The Hall–Kier alpha value is -1.19. The first kappa shape index (κ1) is 13.8. The lowest BCUT2D eigenvalue weighted by atomic mass is 9.97. The number of rotatable bonds is 3. The van der Waals surface area contributed by atoms with Crippen LogP contribution in [0, 0.1) is 5.82 Å². The zero-order valence-corrected chi connectivity index (χ0v) is 12.8. The van der Waals surface area contributed by atoms with Gasteiger partial charge in [-0.1, -0.05) is 40.2 Å². The molecule has 0 aliphatic heterocycles. The van der Waals surface area contributed by atoms with E-state index < -0.39 is 0 Å². The van der Waals surface area contributed by atoms with Gasteiger partial charge in [-0.25, -0.2) is 4.39 Å². The first-order valence-electron chi connectivity index (χ1n) is 6.95. The summed E-state index contributed by atoms with van der Waals surface area (Å²) in [6, 6.07) is 11.2. The van der Waals surface area contributed by atoms with E-state index in [-0.39, 0.29) is 11.9 Å². The summed E-state index contributed by atoms with van der Waals surface area (Å²) in [5.74, 6) is -0.243. The molecule has 0 saturated carbocycles. The molecule has 0 spiro atoms. The van der Waals surface area contributed by atoms with Crippen molar-refractivity contribution < 1.29 is 4.39 Å². The standard InChI is InChI=1S/C17H17BrFN/c18-14-5-2-6-15(19)17(14)16(20)10-11-7-8-12-3-1-4-13(12)9-11/h2,5-9,16H,1,3-4,10,20H2. The molecule has 1 aliphatic carbocycles. The number of benzene rings is 2. The number of hydrogen-bond acceptors (Lipinski definition) is 1. The van der Waals surface area contributed by atoms with Crippen molar-refractivity contribution in [2.75, 3.05) is 0 Å². The molecule has 1 atom stereocenters. The van der Waals surface area contributed by atoms with Crippen LogP contribution < -0.4 is 5.73 Å². The van der Waals surface area contributed by atoms with Crippen LogP contribution in [-0.2, 0) is 19.3 Å². The monoisotopic (exact) mass is 333 g/mol. The van der Waals surface area contributed by atoms with Gasteiger partial charge in [0.05, 0.1) is 0 Å². The molecule has 2 aromatic rings. The minimum atomic E-state index is -0.329. The molecule has 0 saturated heterocycles. The number of aryl methyl sites for hydroxylation is 2. The maximum absolute atomic E-state index is 13.9. The summed E-state index contributed by atoms with van der Waals surface area (Å²) in [4.78, 5) is 0. The normalized spacial score (nSPS) is 15.2. The van der Waals surface area contributed by atoms with Gasteiger partial charge in [0.1, 0.15) is 5.82 Å². The van der Waals surface area contributed by atoms with Crippen LogP contribution in [0.5, 0.6) is 0 Å². The van der Waals surface area contributed by atoms with Gasteiger partial charge in [0.15, 0.2) is 0 Å². The van der Waals surface area contributed by atoms with Crippen LogP contribution in [0.25, 0.3) is 0 Å². The third-order valence-electron chi connectivity index (χ3n) is 3.99. The molecule has 1 unspecified atom stereocenters. The third-order valence-corrected chi connectivity index (χ3v) is 4.68. The molecule has 0 heterocycles. The fourth-order valence-electron chi connectivity index (χ4n) is 2.97. The topological polar surface area (TPSA) is 26.0 Å². The Morgan fingerprint density at radius 2 is 1.95 bits per heavy atom. The van der Waals surface area contributed by atoms with Crippen LogP contribution >= 0.6 is 15.9 Å². The second kappa shape index (κ2) is 5.66. The minimum Gasteiger partial charge on any atom is -0.324 e. The molecule has 0 aromatic heterocycles. The maximum atomic E-state index is 13.9. The van der Waals surface area contributed by atoms with Crippen LogP contribution in [0.4, 0.5) is 4.39 Å². The van der Waals surface area contributed by atoms with E-state index in [0.717, 1.165) is 10.9 Å². The van der Waals surface area contributed by atoms with E-state index in [9.17, 15) is 4.39 Å². The number of fused-ring (bicyclic) bond motifs is 1. The highest BCUT2D eigenvalue weighted by atomic mass is 79.9. The van der Waals surface area contributed by atoms with Gasteiger partial charge in [0.2, 0.25) is 0 Å². The van der Waals surface area contributed by atoms with Crippen LogP contribution in [0.2, 0.25) is 0 Å². The molecule has 3 heteroatoms. The minimum absolute atomic E-state index is 0.243. The van der Waals surface area contributed by atoms with Crippen molar-refractivity contribution in [1.82, 2.24) is 0 Å². The van der Waals surface area contributed by atoms with E-state index in [2.05, 4.69) is 34.1 Å². The lowest BCUT2D eigenvalue weighted by Crippen LogP contribution is -2.16. The average molecular weight is 334 g/mol. The summed E-state index contributed by atoms with van der Waals surface area (Å²) in [7, 11) is 0. The lowest BCUT2D eigenvalue weighted by Gasteiger charge is -2.15. The van der Waals surface area contributed by atoms with Gasteiger partial charge in [-0.15, -0.1) is 0 Å². The SMILES string of the molecule is NC(Cc1ccc2c(c1)CCC2)c1c(F)cccc1Br. The first-order chi connectivity index (χ1) is 9.65. The first-order valence-corrected chi connectivity index (χ1v) is 7.74. The Bertz CT molecular complexity index is 619. The molecule has 2 N–H and O–H groups in total. The van der Waals surface area contributed by atoms with Gasteiger partial charge in [-0.05, 0) is 54.5 Å². The van der Waals surface area contributed by atoms with Crippen LogP contribution in [0.1, 0.15) is 34.7 Å². The van der Waals surface area contributed by atoms with E-state index in [4.69, 9.17) is 5.73 Å². The molecule has 0 bridgehead atoms. The zero-order valence-electron chi connectivity index (χ0n) is 11.2. The van der Waals surface area contributed by atoms with E-state index in [1.807, 2.05) is 6.07 Å². The Balaban J connectivity index is 1.84. The second-order valence-corrected chi connectivity index (χ2v) is 6.26. The molecule has 1 aliphatic rings. The molecule has 1 nitrogen and oxygen atoms in total. The number of halogens is 2. The summed E-state index contributed by atoms with van der Waals surface area (Å²) < 4.78 is 14.7. The molecule has 0 radical (unpaired) electrons. The highest BCUT2D eigenvalue weighted by Crippen LogP contribution is 2.29. The van der Waals surface area contributed by atoms with Gasteiger partial charge in [0, 0.05) is 16.1 Å². The van der Waals surface area contributed by atoms with Crippen molar-refractivity contribution >= 4 is 15.9 Å². The van der Waals surface area contributed by atoms with Crippen molar-refractivity contribution in [2.24, 2.45) is 5.73 Å².